The third-order valence-electron chi connectivity index (χ3n) is 5.24. The number of aryl methyl sites for hydroxylation is 1. The number of carbonyl (C=O) groups excluding carboxylic acids is 1. The Bertz CT molecular complexity index is 563. The fraction of sp³-hybridized carbons (Fsp3) is 0.667. The van der Waals surface area contributed by atoms with Crippen LogP contribution in [0.1, 0.15) is 57.6 Å². The van der Waals surface area contributed by atoms with Crippen LogP contribution in [0, 0.1) is 11.8 Å². The van der Waals surface area contributed by atoms with Gasteiger partial charge in [0, 0.05) is 26.1 Å². The number of nitrogens with zero attached hydrogens (tertiary/aromatic N) is 1. The lowest BCUT2D eigenvalue weighted by Crippen LogP contribution is -2.24. The molecule has 1 aromatic rings. The third-order valence-corrected chi connectivity index (χ3v) is 5.24. The van der Waals surface area contributed by atoms with Crippen LogP contribution in [0.2, 0.25) is 0 Å². The molecule has 3 heteroatoms. The van der Waals surface area contributed by atoms with Crippen molar-refractivity contribution in [1.29, 1.82) is 0 Å². The van der Waals surface area contributed by atoms with Crippen molar-refractivity contribution in [3.63, 3.8) is 0 Å². The first-order valence-corrected chi connectivity index (χ1v) is 9.41. The predicted octanol–water partition coefficient (Wildman–Crippen LogP) is 4.19. The molecule has 0 amide bonds. The van der Waals surface area contributed by atoms with Gasteiger partial charge in [-0.05, 0) is 63.0 Å². The second-order valence-corrected chi connectivity index (χ2v) is 8.55. The molecule has 0 spiro atoms. The molecule has 24 heavy (non-hydrogen) atoms. The van der Waals surface area contributed by atoms with Crippen LogP contribution in [0.15, 0.2) is 24.3 Å². The molecule has 1 saturated heterocycles. The van der Waals surface area contributed by atoms with E-state index < -0.39 is 5.60 Å². The van der Waals surface area contributed by atoms with Gasteiger partial charge in [-0.2, -0.15) is 0 Å². The molecule has 0 radical (unpaired) electrons. The minimum absolute atomic E-state index is 0.111. The summed E-state index contributed by atoms with van der Waals surface area (Å²) >= 11 is 0. The fourth-order valence-corrected chi connectivity index (χ4v) is 4.24. The second kappa shape index (κ2) is 7.26. The van der Waals surface area contributed by atoms with E-state index in [9.17, 15) is 4.79 Å². The molecule has 3 rings (SSSR count). The van der Waals surface area contributed by atoms with Gasteiger partial charge in [0.2, 0.25) is 0 Å². The number of hydrogen-bond donors (Lipinski definition) is 0. The molecule has 1 aromatic carbocycles. The maximum absolute atomic E-state index is 11.9. The Hall–Kier alpha value is -1.35. The largest absolute Gasteiger partial charge is 0.460 e. The van der Waals surface area contributed by atoms with Crippen molar-refractivity contribution < 1.29 is 9.53 Å². The van der Waals surface area contributed by atoms with Crippen LogP contribution in [0.3, 0.4) is 0 Å². The average Bonchev–Trinajstić information content (AvgIpc) is 3.05. The summed E-state index contributed by atoms with van der Waals surface area (Å²) in [6.45, 7) is 9.33. The lowest BCUT2D eigenvalue weighted by atomic mass is 10.0. The van der Waals surface area contributed by atoms with Crippen molar-refractivity contribution in [1.82, 2.24) is 4.90 Å². The Morgan fingerprint density at radius 3 is 2.50 bits per heavy atom. The number of carbonyl (C=O) groups is 1. The number of benzene rings is 1. The molecule has 1 heterocycles. The van der Waals surface area contributed by atoms with Gasteiger partial charge in [-0.1, -0.05) is 30.7 Å². The van der Waals surface area contributed by atoms with Gasteiger partial charge < -0.3 is 4.74 Å². The normalized spacial score (nSPS) is 24.1. The minimum atomic E-state index is -0.396. The highest BCUT2D eigenvalue weighted by atomic mass is 16.6. The SMILES string of the molecule is CC(C)(C)OC(=O)CCc1cccc(CN2CC3CCC[C@H]3C2)c1. The van der Waals surface area contributed by atoms with Crippen molar-refractivity contribution in [3.05, 3.63) is 35.4 Å². The van der Waals surface area contributed by atoms with Crippen LogP contribution in [-0.4, -0.2) is 29.6 Å². The summed E-state index contributed by atoms with van der Waals surface area (Å²) in [5.41, 5.74) is 2.21. The van der Waals surface area contributed by atoms with Crippen molar-refractivity contribution in [2.45, 2.75) is 65.0 Å². The van der Waals surface area contributed by atoms with Gasteiger partial charge in [-0.25, -0.2) is 0 Å². The van der Waals surface area contributed by atoms with E-state index >= 15 is 0 Å². The first kappa shape index (κ1) is 17.5. The Kier molecular flexibility index (Phi) is 5.29. The van der Waals surface area contributed by atoms with Crippen molar-refractivity contribution in [2.24, 2.45) is 11.8 Å². The summed E-state index contributed by atoms with van der Waals surface area (Å²) < 4.78 is 5.39. The topological polar surface area (TPSA) is 29.5 Å². The van der Waals surface area contributed by atoms with Crippen LogP contribution < -0.4 is 0 Å². The molecule has 0 bridgehead atoms. The molecular formula is C21H31NO2. The number of hydrogen-bond acceptors (Lipinski definition) is 3. The molecule has 0 N–H and O–H groups in total. The van der Waals surface area contributed by atoms with E-state index in [0.717, 1.165) is 24.8 Å². The lowest BCUT2D eigenvalue weighted by molar-refractivity contribution is -0.154. The molecular weight excluding hydrogens is 298 g/mol. The predicted molar refractivity (Wildman–Crippen MR) is 96.7 cm³/mol. The molecule has 1 aliphatic heterocycles. The number of ether oxygens (including phenoxy) is 1. The van der Waals surface area contributed by atoms with Gasteiger partial charge in [0.15, 0.2) is 0 Å². The highest BCUT2D eigenvalue weighted by Crippen LogP contribution is 2.38. The maximum Gasteiger partial charge on any atom is 0.306 e. The molecule has 0 aromatic heterocycles. The summed E-state index contributed by atoms with van der Waals surface area (Å²) in [5.74, 6) is 1.78. The molecule has 1 saturated carbocycles. The fourth-order valence-electron chi connectivity index (χ4n) is 4.24. The van der Waals surface area contributed by atoms with E-state index in [4.69, 9.17) is 4.74 Å². The van der Waals surface area contributed by atoms with Crippen LogP contribution in [-0.2, 0) is 22.5 Å². The van der Waals surface area contributed by atoms with Crippen molar-refractivity contribution in [3.8, 4) is 0 Å². The first-order chi connectivity index (χ1) is 11.4. The summed E-state index contributed by atoms with van der Waals surface area (Å²) in [6.07, 6.45) is 5.50. The third kappa shape index (κ3) is 4.83. The minimum Gasteiger partial charge on any atom is -0.460 e. The van der Waals surface area contributed by atoms with E-state index in [-0.39, 0.29) is 5.97 Å². The smallest absolute Gasteiger partial charge is 0.306 e. The summed E-state index contributed by atoms with van der Waals surface area (Å²) in [5, 5.41) is 0. The van der Waals surface area contributed by atoms with Gasteiger partial charge in [0.25, 0.3) is 0 Å². The van der Waals surface area contributed by atoms with E-state index in [1.807, 2.05) is 20.8 Å². The molecule has 1 unspecified atom stereocenters. The van der Waals surface area contributed by atoms with E-state index in [1.165, 1.54) is 43.5 Å². The van der Waals surface area contributed by atoms with Crippen molar-refractivity contribution >= 4 is 5.97 Å². The average molecular weight is 329 g/mol. The highest BCUT2D eigenvalue weighted by molar-refractivity contribution is 5.70. The molecule has 2 atom stereocenters. The standard InChI is InChI=1S/C21H31NO2/c1-21(2,3)24-20(23)11-10-16-6-4-7-17(12-16)13-22-14-18-8-5-9-19(18)15-22/h4,6-7,12,18-19H,5,8-11,13-15H2,1-3H3/t18-,19?/m0/s1. The summed E-state index contributed by atoms with van der Waals surface area (Å²) in [6, 6.07) is 8.72. The van der Waals surface area contributed by atoms with E-state index in [2.05, 4.69) is 29.2 Å². The van der Waals surface area contributed by atoms with Gasteiger partial charge in [0.1, 0.15) is 5.60 Å². The molecule has 2 fully saturated rings. The zero-order valence-electron chi connectivity index (χ0n) is 15.4. The maximum atomic E-state index is 11.9. The van der Waals surface area contributed by atoms with E-state index in [1.54, 1.807) is 0 Å². The Labute approximate surface area is 146 Å². The van der Waals surface area contributed by atoms with E-state index in [0.29, 0.717) is 6.42 Å². The molecule has 3 nitrogen and oxygen atoms in total. The Morgan fingerprint density at radius 2 is 1.83 bits per heavy atom. The number of fused-ring (bicyclic) bond motifs is 1. The quantitative estimate of drug-likeness (QED) is 0.759. The van der Waals surface area contributed by atoms with Gasteiger partial charge in [-0.15, -0.1) is 0 Å². The molecule has 1 aliphatic carbocycles. The van der Waals surface area contributed by atoms with Crippen LogP contribution in [0.5, 0.6) is 0 Å². The number of rotatable bonds is 5. The van der Waals surface area contributed by atoms with Crippen LogP contribution in [0.25, 0.3) is 0 Å². The lowest BCUT2D eigenvalue weighted by Gasteiger charge is -2.19. The first-order valence-electron chi connectivity index (χ1n) is 9.41. The van der Waals surface area contributed by atoms with Crippen LogP contribution >= 0.6 is 0 Å². The van der Waals surface area contributed by atoms with Gasteiger partial charge >= 0.3 is 5.97 Å². The highest BCUT2D eigenvalue weighted by Gasteiger charge is 2.35. The zero-order chi connectivity index (χ0) is 17.2. The van der Waals surface area contributed by atoms with Crippen LogP contribution in [0.4, 0.5) is 0 Å². The molecule has 2 aliphatic rings. The van der Waals surface area contributed by atoms with Crippen molar-refractivity contribution in [2.75, 3.05) is 13.1 Å². The second-order valence-electron chi connectivity index (χ2n) is 8.55. The number of esters is 1. The Morgan fingerprint density at radius 1 is 1.17 bits per heavy atom. The monoisotopic (exact) mass is 329 g/mol. The zero-order valence-corrected chi connectivity index (χ0v) is 15.4. The molecule has 132 valence electrons. The number of likely N-dealkylation sites (tertiary alicyclic amines) is 1. The van der Waals surface area contributed by atoms with Gasteiger partial charge in [0.05, 0.1) is 0 Å². The Balaban J connectivity index is 1.50. The summed E-state index contributed by atoms with van der Waals surface area (Å²) in [7, 11) is 0. The van der Waals surface area contributed by atoms with Gasteiger partial charge in [-0.3, -0.25) is 9.69 Å². The summed E-state index contributed by atoms with van der Waals surface area (Å²) in [4.78, 5) is 14.5.